The molecule has 0 aliphatic carbocycles. The zero-order chi connectivity index (χ0) is 19.4. The number of thiophene rings is 1. The van der Waals surface area contributed by atoms with Crippen molar-refractivity contribution in [2.75, 3.05) is 39.3 Å². The predicted octanol–water partition coefficient (Wildman–Crippen LogP) is 1.76. The van der Waals surface area contributed by atoms with E-state index in [1.165, 1.54) is 11.3 Å². The van der Waals surface area contributed by atoms with Crippen LogP contribution in [0.4, 0.5) is 8.78 Å². The molecule has 2 aromatic rings. The van der Waals surface area contributed by atoms with Gasteiger partial charge in [-0.1, -0.05) is 0 Å². The van der Waals surface area contributed by atoms with Gasteiger partial charge in [0, 0.05) is 50.7 Å². The zero-order valence-electron chi connectivity index (χ0n) is 14.4. The standard InChI is InChI=1S/C17H19F2N3O3S2/c18-14-1-2-16(15(19)11-14)27(24,25)20-4-5-21-6-8-22(9-7-21)17(23)13-3-10-26-12-13/h1-3,10-12,20H,4-9H2. The fourth-order valence-electron chi connectivity index (χ4n) is 2.85. The van der Waals surface area contributed by atoms with Gasteiger partial charge in [-0.3, -0.25) is 9.69 Å². The molecule has 0 saturated carbocycles. The molecule has 1 aromatic heterocycles. The Morgan fingerprint density at radius 3 is 2.52 bits per heavy atom. The van der Waals surface area contributed by atoms with Crippen molar-refractivity contribution in [2.45, 2.75) is 4.90 Å². The van der Waals surface area contributed by atoms with Crippen molar-refractivity contribution < 1.29 is 22.0 Å². The molecule has 0 atom stereocenters. The molecular weight excluding hydrogens is 396 g/mol. The Labute approximate surface area is 160 Å². The number of hydrogen-bond donors (Lipinski definition) is 1. The summed E-state index contributed by atoms with van der Waals surface area (Å²) in [6.07, 6.45) is 0. The molecule has 1 fully saturated rings. The fraction of sp³-hybridized carbons (Fsp3) is 0.353. The Balaban J connectivity index is 1.47. The minimum atomic E-state index is -4.04. The highest BCUT2D eigenvalue weighted by Crippen LogP contribution is 2.15. The third-order valence-electron chi connectivity index (χ3n) is 4.33. The lowest BCUT2D eigenvalue weighted by atomic mass is 10.2. The molecule has 2 heterocycles. The molecule has 10 heteroatoms. The van der Waals surface area contributed by atoms with E-state index < -0.39 is 26.6 Å². The summed E-state index contributed by atoms with van der Waals surface area (Å²) in [7, 11) is -4.04. The zero-order valence-corrected chi connectivity index (χ0v) is 16.0. The van der Waals surface area contributed by atoms with Crippen LogP contribution in [-0.4, -0.2) is 63.4 Å². The first-order valence-corrected chi connectivity index (χ1v) is 10.8. The number of piperazine rings is 1. The van der Waals surface area contributed by atoms with Crippen LogP contribution in [0, 0.1) is 11.6 Å². The summed E-state index contributed by atoms with van der Waals surface area (Å²) in [6, 6.07) is 4.14. The number of amides is 1. The van der Waals surface area contributed by atoms with E-state index in [1.807, 2.05) is 15.7 Å². The first-order valence-electron chi connectivity index (χ1n) is 8.35. The van der Waals surface area contributed by atoms with E-state index in [2.05, 4.69) is 4.72 Å². The maximum Gasteiger partial charge on any atom is 0.254 e. The van der Waals surface area contributed by atoms with E-state index >= 15 is 0 Å². The number of hydrogen-bond acceptors (Lipinski definition) is 5. The minimum absolute atomic E-state index is 0.00314. The number of carbonyl (C=O) groups excluding carboxylic acids is 1. The molecule has 6 nitrogen and oxygen atoms in total. The summed E-state index contributed by atoms with van der Waals surface area (Å²) >= 11 is 1.48. The predicted molar refractivity (Wildman–Crippen MR) is 98.2 cm³/mol. The number of halogens is 2. The molecule has 0 unspecified atom stereocenters. The van der Waals surface area contributed by atoms with Gasteiger partial charge in [0.1, 0.15) is 16.5 Å². The van der Waals surface area contributed by atoms with Crippen molar-refractivity contribution in [2.24, 2.45) is 0 Å². The van der Waals surface area contributed by atoms with Gasteiger partial charge in [-0.05, 0) is 23.6 Å². The number of nitrogens with one attached hydrogen (secondary N) is 1. The molecule has 1 aliphatic heterocycles. The van der Waals surface area contributed by atoms with Crippen LogP contribution in [0.15, 0.2) is 39.9 Å². The van der Waals surface area contributed by atoms with E-state index in [4.69, 9.17) is 0 Å². The second-order valence-corrected chi connectivity index (χ2v) is 8.63. The number of nitrogens with zero attached hydrogens (tertiary/aromatic N) is 2. The van der Waals surface area contributed by atoms with Crippen molar-refractivity contribution >= 4 is 27.3 Å². The van der Waals surface area contributed by atoms with Crippen LogP contribution in [0.3, 0.4) is 0 Å². The van der Waals surface area contributed by atoms with Gasteiger partial charge in [0.05, 0.1) is 5.56 Å². The number of sulfonamides is 1. The minimum Gasteiger partial charge on any atom is -0.336 e. The van der Waals surface area contributed by atoms with Gasteiger partial charge in [0.25, 0.3) is 5.91 Å². The molecule has 1 amide bonds. The quantitative estimate of drug-likeness (QED) is 0.781. The monoisotopic (exact) mass is 415 g/mol. The molecule has 1 aliphatic rings. The third-order valence-corrected chi connectivity index (χ3v) is 6.51. The molecule has 1 saturated heterocycles. The summed E-state index contributed by atoms with van der Waals surface area (Å²) in [6.45, 7) is 2.91. The van der Waals surface area contributed by atoms with E-state index in [0.717, 1.165) is 12.1 Å². The number of carbonyl (C=O) groups is 1. The first kappa shape index (κ1) is 19.9. The summed E-state index contributed by atoms with van der Waals surface area (Å²) in [5.74, 6) is -1.95. The van der Waals surface area contributed by atoms with Gasteiger partial charge in [-0.2, -0.15) is 11.3 Å². The molecule has 3 rings (SSSR count). The van der Waals surface area contributed by atoms with Crippen molar-refractivity contribution in [1.82, 2.24) is 14.5 Å². The Morgan fingerprint density at radius 2 is 1.89 bits per heavy atom. The highest BCUT2D eigenvalue weighted by molar-refractivity contribution is 7.89. The van der Waals surface area contributed by atoms with Gasteiger partial charge in [-0.15, -0.1) is 0 Å². The average Bonchev–Trinajstić information content (AvgIpc) is 3.16. The highest BCUT2D eigenvalue weighted by atomic mass is 32.2. The molecule has 27 heavy (non-hydrogen) atoms. The lowest BCUT2D eigenvalue weighted by molar-refractivity contribution is 0.0640. The Bertz CT molecular complexity index is 896. The van der Waals surface area contributed by atoms with Crippen LogP contribution in [0.5, 0.6) is 0 Å². The van der Waals surface area contributed by atoms with Crippen LogP contribution in [0.25, 0.3) is 0 Å². The van der Waals surface area contributed by atoms with Gasteiger partial charge < -0.3 is 4.90 Å². The van der Waals surface area contributed by atoms with E-state index in [-0.39, 0.29) is 12.5 Å². The molecule has 146 valence electrons. The largest absolute Gasteiger partial charge is 0.336 e. The lowest BCUT2D eigenvalue weighted by Gasteiger charge is -2.34. The smallest absolute Gasteiger partial charge is 0.254 e. The molecule has 0 bridgehead atoms. The molecular formula is C17H19F2N3O3S2. The second kappa shape index (κ2) is 8.42. The van der Waals surface area contributed by atoms with E-state index in [0.29, 0.717) is 44.4 Å². The van der Waals surface area contributed by atoms with Crippen molar-refractivity contribution in [3.63, 3.8) is 0 Å². The topological polar surface area (TPSA) is 69.7 Å². The van der Waals surface area contributed by atoms with Crippen molar-refractivity contribution in [1.29, 1.82) is 0 Å². The number of benzene rings is 1. The summed E-state index contributed by atoms with van der Waals surface area (Å²) < 4.78 is 53.2. The summed E-state index contributed by atoms with van der Waals surface area (Å²) in [4.78, 5) is 15.5. The van der Waals surface area contributed by atoms with E-state index in [1.54, 1.807) is 11.0 Å². The Kier molecular flexibility index (Phi) is 6.20. The first-order chi connectivity index (χ1) is 12.9. The lowest BCUT2D eigenvalue weighted by Crippen LogP contribution is -2.50. The maximum absolute atomic E-state index is 13.7. The number of rotatable bonds is 6. The van der Waals surface area contributed by atoms with Gasteiger partial charge >= 0.3 is 0 Å². The molecule has 1 aromatic carbocycles. The van der Waals surface area contributed by atoms with Gasteiger partial charge in [0.15, 0.2) is 0 Å². The van der Waals surface area contributed by atoms with Gasteiger partial charge in [-0.25, -0.2) is 21.9 Å². The second-order valence-electron chi connectivity index (χ2n) is 6.12. The average molecular weight is 415 g/mol. The molecule has 0 radical (unpaired) electrons. The van der Waals surface area contributed by atoms with Crippen LogP contribution in [-0.2, 0) is 10.0 Å². The Morgan fingerprint density at radius 1 is 1.15 bits per heavy atom. The third kappa shape index (κ3) is 4.89. The van der Waals surface area contributed by atoms with Crippen molar-refractivity contribution in [3.8, 4) is 0 Å². The highest BCUT2D eigenvalue weighted by Gasteiger charge is 2.23. The van der Waals surface area contributed by atoms with Crippen LogP contribution in [0.2, 0.25) is 0 Å². The summed E-state index contributed by atoms with van der Waals surface area (Å²) in [5, 5.41) is 3.68. The fourth-order valence-corrected chi connectivity index (χ4v) is 4.56. The summed E-state index contributed by atoms with van der Waals surface area (Å²) in [5.41, 5.74) is 0.683. The van der Waals surface area contributed by atoms with Crippen LogP contribution >= 0.6 is 11.3 Å². The maximum atomic E-state index is 13.7. The van der Waals surface area contributed by atoms with Gasteiger partial charge in [0.2, 0.25) is 10.0 Å². The van der Waals surface area contributed by atoms with Crippen LogP contribution < -0.4 is 4.72 Å². The normalized spacial score (nSPS) is 15.9. The Hall–Kier alpha value is -1.88. The van der Waals surface area contributed by atoms with Crippen LogP contribution in [0.1, 0.15) is 10.4 Å². The molecule has 0 spiro atoms. The van der Waals surface area contributed by atoms with Crippen molar-refractivity contribution in [3.05, 3.63) is 52.2 Å². The van der Waals surface area contributed by atoms with E-state index in [9.17, 15) is 22.0 Å². The SMILES string of the molecule is O=C(c1ccsc1)N1CCN(CCNS(=O)(=O)c2ccc(F)cc2F)CC1. The molecule has 1 N–H and O–H groups in total.